The summed E-state index contributed by atoms with van der Waals surface area (Å²) in [6.45, 7) is 5.63. The van der Waals surface area contributed by atoms with Gasteiger partial charge in [-0.2, -0.15) is 0 Å². The summed E-state index contributed by atoms with van der Waals surface area (Å²) in [7, 11) is 0. The van der Waals surface area contributed by atoms with Crippen LogP contribution in [0.3, 0.4) is 0 Å². The summed E-state index contributed by atoms with van der Waals surface area (Å²) in [6.07, 6.45) is 5.62. The zero-order valence-electron chi connectivity index (χ0n) is 16.0. The Hall–Kier alpha value is -0.970. The first-order valence-electron chi connectivity index (χ1n) is 10.1. The van der Waals surface area contributed by atoms with Crippen molar-refractivity contribution in [3.8, 4) is 0 Å². The number of aliphatic hydroxyl groups excluding tert-OH is 1. The number of allylic oxidation sites excluding steroid dienone is 4. The van der Waals surface area contributed by atoms with Crippen LogP contribution < -0.4 is 0 Å². The molecule has 5 heteroatoms. The molecule has 0 radical (unpaired) electrons. The highest BCUT2D eigenvalue weighted by Crippen LogP contribution is 2.72. The Balaban J connectivity index is 1.64. The van der Waals surface area contributed by atoms with E-state index >= 15 is 0 Å². The first-order chi connectivity index (χ1) is 12.6. The predicted octanol–water partition coefficient (Wildman–Crippen LogP) is 3.01. The minimum atomic E-state index is -1.48. The predicted molar refractivity (Wildman–Crippen MR) is 101 cm³/mol. The molecule has 0 heterocycles. The van der Waals surface area contributed by atoms with Crippen LogP contribution in [-0.2, 0) is 9.59 Å². The molecule has 27 heavy (non-hydrogen) atoms. The van der Waals surface area contributed by atoms with Gasteiger partial charge in [-0.1, -0.05) is 31.5 Å². The van der Waals surface area contributed by atoms with Gasteiger partial charge in [0, 0.05) is 34.1 Å². The fraction of sp³-hybridized carbons (Fsp3) is 0.727. The summed E-state index contributed by atoms with van der Waals surface area (Å²) < 4.78 is 0. The van der Waals surface area contributed by atoms with E-state index in [0.717, 1.165) is 18.4 Å². The zero-order valence-corrected chi connectivity index (χ0v) is 16.8. The van der Waals surface area contributed by atoms with Crippen molar-refractivity contribution in [2.75, 3.05) is 0 Å². The molecule has 0 aliphatic heterocycles. The topological polar surface area (TPSA) is 74.6 Å². The molecule has 2 N–H and O–H groups in total. The van der Waals surface area contributed by atoms with E-state index < -0.39 is 17.1 Å². The maximum atomic E-state index is 12.3. The number of Topliss-reactive ketones (excluding diaryl/α,β-unsaturated/α-hetero) is 1. The number of aliphatic hydroxyl groups is 2. The fourth-order valence-corrected chi connectivity index (χ4v) is 8.02. The smallest absolute Gasteiger partial charge is 0.161 e. The van der Waals surface area contributed by atoms with Gasteiger partial charge in [-0.15, -0.1) is 0 Å². The van der Waals surface area contributed by atoms with E-state index in [4.69, 9.17) is 11.6 Å². The molecule has 0 aromatic heterocycles. The number of halogens is 1. The average Bonchev–Trinajstić information content (AvgIpc) is 3.35. The summed E-state index contributed by atoms with van der Waals surface area (Å²) in [5, 5.41) is 22.8. The number of hydrogen-bond donors (Lipinski definition) is 2. The third-order valence-electron chi connectivity index (χ3n) is 9.20. The Labute approximate surface area is 164 Å². The second-order valence-corrected chi connectivity index (χ2v) is 10.5. The molecule has 4 nitrogen and oxygen atoms in total. The molecule has 3 fully saturated rings. The van der Waals surface area contributed by atoms with Crippen LogP contribution in [0.25, 0.3) is 0 Å². The van der Waals surface area contributed by atoms with Crippen molar-refractivity contribution in [2.24, 2.45) is 40.4 Å². The number of rotatable bonds is 1. The second-order valence-electron chi connectivity index (χ2n) is 10.1. The molecule has 0 aromatic rings. The Bertz CT molecular complexity index is 830. The minimum Gasteiger partial charge on any atom is -0.393 e. The molecule has 3 saturated carbocycles. The van der Waals surface area contributed by atoms with Gasteiger partial charge in [0.05, 0.1) is 6.10 Å². The highest BCUT2D eigenvalue weighted by atomic mass is 35.5. The highest BCUT2D eigenvalue weighted by molar-refractivity contribution is 6.32. The SMILES string of the molecule is CC(=O)C1(O)CC(O)C2C3C=C(Cl)C4=CC(=O)C5CC5C4(C)C3CCC21C. The third kappa shape index (κ3) is 1.93. The maximum Gasteiger partial charge on any atom is 0.161 e. The van der Waals surface area contributed by atoms with Crippen molar-refractivity contribution < 1.29 is 19.8 Å². The summed E-state index contributed by atoms with van der Waals surface area (Å²) in [5.41, 5.74) is -1.33. The average molecular weight is 391 g/mol. The van der Waals surface area contributed by atoms with Gasteiger partial charge in [0.1, 0.15) is 5.60 Å². The summed E-state index contributed by atoms with van der Waals surface area (Å²) in [6, 6.07) is 0. The zero-order chi connectivity index (χ0) is 19.5. The number of carbonyl (C=O) groups excluding carboxylic acids is 2. The monoisotopic (exact) mass is 390 g/mol. The second kappa shape index (κ2) is 5.14. The fourth-order valence-electron chi connectivity index (χ4n) is 7.62. The van der Waals surface area contributed by atoms with Crippen LogP contribution in [0.1, 0.15) is 46.5 Å². The van der Waals surface area contributed by atoms with Crippen molar-refractivity contribution in [2.45, 2.75) is 58.2 Å². The molecule has 5 rings (SSSR count). The third-order valence-corrected chi connectivity index (χ3v) is 9.53. The molecule has 0 saturated heterocycles. The summed E-state index contributed by atoms with van der Waals surface area (Å²) >= 11 is 6.70. The van der Waals surface area contributed by atoms with E-state index in [9.17, 15) is 19.8 Å². The normalized spacial score (nSPS) is 55.6. The van der Waals surface area contributed by atoms with Crippen molar-refractivity contribution in [3.63, 3.8) is 0 Å². The summed E-state index contributed by atoms with van der Waals surface area (Å²) in [4.78, 5) is 24.6. The van der Waals surface area contributed by atoms with E-state index in [1.807, 2.05) is 13.0 Å². The lowest BCUT2D eigenvalue weighted by Gasteiger charge is -2.57. The van der Waals surface area contributed by atoms with Crippen LogP contribution in [0, 0.1) is 40.4 Å². The van der Waals surface area contributed by atoms with Crippen LogP contribution in [0.5, 0.6) is 0 Å². The van der Waals surface area contributed by atoms with E-state index in [1.165, 1.54) is 6.92 Å². The lowest BCUT2D eigenvalue weighted by Crippen LogP contribution is -2.57. The van der Waals surface area contributed by atoms with Crippen LogP contribution in [-0.4, -0.2) is 33.5 Å². The number of fused-ring (bicyclic) bond motifs is 7. The molecule has 0 bridgehead atoms. The van der Waals surface area contributed by atoms with E-state index in [0.29, 0.717) is 17.4 Å². The van der Waals surface area contributed by atoms with Crippen LogP contribution in [0.2, 0.25) is 0 Å². The first kappa shape index (κ1) is 18.1. The van der Waals surface area contributed by atoms with E-state index in [2.05, 4.69) is 6.92 Å². The van der Waals surface area contributed by atoms with E-state index in [-0.39, 0.29) is 47.1 Å². The van der Waals surface area contributed by atoms with Gasteiger partial charge in [-0.3, -0.25) is 9.59 Å². The first-order valence-corrected chi connectivity index (χ1v) is 10.5. The molecule has 0 amide bonds. The molecule has 146 valence electrons. The van der Waals surface area contributed by atoms with Gasteiger partial charge in [-0.05, 0) is 55.6 Å². The number of ketones is 2. The van der Waals surface area contributed by atoms with E-state index in [1.54, 1.807) is 6.08 Å². The van der Waals surface area contributed by atoms with Gasteiger partial charge in [0.15, 0.2) is 11.6 Å². The Kier molecular flexibility index (Phi) is 3.44. The number of carbonyl (C=O) groups is 2. The van der Waals surface area contributed by atoms with Gasteiger partial charge in [0.25, 0.3) is 0 Å². The van der Waals surface area contributed by atoms with Gasteiger partial charge in [-0.25, -0.2) is 0 Å². The van der Waals surface area contributed by atoms with Crippen molar-refractivity contribution in [1.29, 1.82) is 0 Å². The summed E-state index contributed by atoms with van der Waals surface area (Å²) in [5.74, 6) is 0.477. The highest BCUT2D eigenvalue weighted by Gasteiger charge is 2.71. The minimum absolute atomic E-state index is 0.0104. The molecule has 0 spiro atoms. The lowest BCUT2D eigenvalue weighted by molar-refractivity contribution is -0.157. The molecule has 5 aliphatic rings. The van der Waals surface area contributed by atoms with Gasteiger partial charge < -0.3 is 10.2 Å². The Morgan fingerprint density at radius 2 is 2.00 bits per heavy atom. The Morgan fingerprint density at radius 1 is 1.30 bits per heavy atom. The van der Waals surface area contributed by atoms with Crippen LogP contribution >= 0.6 is 11.6 Å². The van der Waals surface area contributed by atoms with Crippen LogP contribution in [0.4, 0.5) is 0 Å². The molecule has 5 aliphatic carbocycles. The van der Waals surface area contributed by atoms with Crippen molar-refractivity contribution >= 4 is 23.2 Å². The van der Waals surface area contributed by atoms with Crippen LogP contribution in [0.15, 0.2) is 22.8 Å². The lowest BCUT2D eigenvalue weighted by atomic mass is 9.47. The maximum absolute atomic E-state index is 12.3. The number of hydrogen-bond acceptors (Lipinski definition) is 4. The molecular weight excluding hydrogens is 364 g/mol. The molecule has 9 unspecified atom stereocenters. The largest absolute Gasteiger partial charge is 0.393 e. The molecule has 9 atom stereocenters. The molecule has 0 aromatic carbocycles. The quantitative estimate of drug-likeness (QED) is 0.721. The van der Waals surface area contributed by atoms with Gasteiger partial charge in [0.2, 0.25) is 0 Å². The van der Waals surface area contributed by atoms with Crippen molar-refractivity contribution in [1.82, 2.24) is 0 Å². The molecular formula is C22H27ClO4. The Morgan fingerprint density at radius 3 is 2.67 bits per heavy atom. The standard InChI is InChI=1S/C22H27ClO4/c1-10(24)22(27)9-18(26)19-12-7-16(23)15-8-17(25)11-6-14(11)21(15,3)13(12)4-5-20(19,22)2/h7-8,11-14,18-19,26-27H,4-6,9H2,1-3H3. The van der Waals surface area contributed by atoms with Gasteiger partial charge >= 0.3 is 0 Å². The van der Waals surface area contributed by atoms with Crippen molar-refractivity contribution in [3.05, 3.63) is 22.8 Å².